The minimum atomic E-state index is -0.462. The van der Waals surface area contributed by atoms with E-state index in [0.717, 1.165) is 18.8 Å². The lowest BCUT2D eigenvalue weighted by Gasteiger charge is -2.43. The van der Waals surface area contributed by atoms with Gasteiger partial charge in [0.05, 0.1) is 5.56 Å². The molecule has 0 spiro atoms. The summed E-state index contributed by atoms with van der Waals surface area (Å²) in [5.41, 5.74) is 13.1. The summed E-state index contributed by atoms with van der Waals surface area (Å²) in [6.07, 6.45) is 2.56. The van der Waals surface area contributed by atoms with Crippen molar-refractivity contribution in [3.05, 3.63) is 23.8 Å². The van der Waals surface area contributed by atoms with Gasteiger partial charge in [-0.15, -0.1) is 0 Å². The highest BCUT2D eigenvalue weighted by molar-refractivity contribution is 5.99. The van der Waals surface area contributed by atoms with Crippen LogP contribution in [0.4, 0.5) is 11.4 Å². The summed E-state index contributed by atoms with van der Waals surface area (Å²) >= 11 is 0. The Labute approximate surface area is 119 Å². The highest BCUT2D eigenvalue weighted by Crippen LogP contribution is 2.30. The maximum Gasteiger partial charge on any atom is 0.250 e. The number of nitrogens with zero attached hydrogens (tertiary/aromatic N) is 2. The molecule has 0 saturated carbocycles. The molecule has 2 aliphatic rings. The molecule has 2 aliphatic heterocycles. The lowest BCUT2D eigenvalue weighted by molar-refractivity contribution is 0.100. The van der Waals surface area contributed by atoms with Crippen LogP contribution in [-0.2, 0) is 0 Å². The Balaban J connectivity index is 1.88. The molecular formula is C15H22N4O. The first kappa shape index (κ1) is 13.2. The number of hydrogen-bond donors (Lipinski definition) is 2. The molecule has 1 aromatic carbocycles. The van der Waals surface area contributed by atoms with Crippen LogP contribution in [-0.4, -0.2) is 42.5 Å². The van der Waals surface area contributed by atoms with Crippen molar-refractivity contribution in [3.63, 3.8) is 0 Å². The molecule has 2 saturated heterocycles. The monoisotopic (exact) mass is 274 g/mol. The van der Waals surface area contributed by atoms with Gasteiger partial charge in [-0.3, -0.25) is 9.69 Å². The van der Waals surface area contributed by atoms with Gasteiger partial charge >= 0.3 is 0 Å². The van der Waals surface area contributed by atoms with Crippen LogP contribution in [0.1, 0.15) is 30.1 Å². The summed E-state index contributed by atoms with van der Waals surface area (Å²) in [5.74, 6) is -0.462. The predicted molar refractivity (Wildman–Crippen MR) is 80.8 cm³/mol. The number of primary amides is 1. The number of anilines is 2. The Morgan fingerprint density at radius 3 is 2.90 bits per heavy atom. The molecule has 20 heavy (non-hydrogen) atoms. The van der Waals surface area contributed by atoms with Gasteiger partial charge in [-0.1, -0.05) is 0 Å². The number of fused-ring (bicyclic) bond motifs is 1. The minimum Gasteiger partial charge on any atom is -0.398 e. The third-order valence-corrected chi connectivity index (χ3v) is 4.57. The van der Waals surface area contributed by atoms with Gasteiger partial charge in [0.15, 0.2) is 0 Å². The van der Waals surface area contributed by atoms with Crippen LogP contribution in [0.5, 0.6) is 0 Å². The lowest BCUT2D eigenvalue weighted by Crippen LogP contribution is -2.55. The SMILES string of the molecule is CC1CN2CCCC2CN1c1ccc(N)c(C(N)=O)c1. The standard InChI is InChI=1S/C15H22N4O/c1-10-8-18-6-2-3-12(18)9-19(10)11-4-5-14(16)13(7-11)15(17)20/h4-5,7,10,12H,2-3,6,8-9,16H2,1H3,(H2,17,20). The maximum atomic E-state index is 11.4. The van der Waals surface area contributed by atoms with Gasteiger partial charge in [-0.25, -0.2) is 0 Å². The van der Waals surface area contributed by atoms with Gasteiger partial charge in [-0.05, 0) is 44.5 Å². The van der Waals surface area contributed by atoms with Crippen molar-refractivity contribution >= 4 is 17.3 Å². The van der Waals surface area contributed by atoms with Crippen molar-refractivity contribution in [2.24, 2.45) is 5.73 Å². The molecule has 5 heteroatoms. The van der Waals surface area contributed by atoms with E-state index in [1.54, 1.807) is 6.07 Å². The Kier molecular flexibility index (Phi) is 3.30. The molecule has 0 radical (unpaired) electrons. The third-order valence-electron chi connectivity index (χ3n) is 4.57. The van der Waals surface area contributed by atoms with E-state index in [0.29, 0.717) is 23.3 Å². The molecule has 4 N–H and O–H groups in total. The number of rotatable bonds is 2. The predicted octanol–water partition coefficient (Wildman–Crippen LogP) is 1.04. The second-order valence-corrected chi connectivity index (χ2v) is 5.93. The van der Waals surface area contributed by atoms with Crippen molar-refractivity contribution < 1.29 is 4.79 Å². The highest BCUT2D eigenvalue weighted by Gasteiger charge is 2.34. The van der Waals surface area contributed by atoms with E-state index < -0.39 is 5.91 Å². The fourth-order valence-corrected chi connectivity index (χ4v) is 3.48. The van der Waals surface area contributed by atoms with E-state index in [9.17, 15) is 4.79 Å². The van der Waals surface area contributed by atoms with Crippen LogP contribution in [0.2, 0.25) is 0 Å². The molecular weight excluding hydrogens is 252 g/mol. The molecule has 2 unspecified atom stereocenters. The van der Waals surface area contributed by atoms with E-state index in [1.165, 1.54) is 19.4 Å². The van der Waals surface area contributed by atoms with Gasteiger partial charge in [-0.2, -0.15) is 0 Å². The first-order valence-electron chi connectivity index (χ1n) is 7.26. The van der Waals surface area contributed by atoms with E-state index >= 15 is 0 Å². The zero-order valence-corrected chi connectivity index (χ0v) is 11.9. The van der Waals surface area contributed by atoms with Gasteiger partial charge in [0.1, 0.15) is 0 Å². The molecule has 2 heterocycles. The van der Waals surface area contributed by atoms with Crippen LogP contribution in [0.3, 0.4) is 0 Å². The molecule has 3 rings (SSSR count). The first-order chi connectivity index (χ1) is 9.56. The molecule has 0 aliphatic carbocycles. The Bertz CT molecular complexity index is 531. The second-order valence-electron chi connectivity index (χ2n) is 5.93. The van der Waals surface area contributed by atoms with Crippen LogP contribution in [0.25, 0.3) is 0 Å². The van der Waals surface area contributed by atoms with E-state index in [-0.39, 0.29) is 0 Å². The summed E-state index contributed by atoms with van der Waals surface area (Å²) in [7, 11) is 0. The van der Waals surface area contributed by atoms with Crippen molar-refractivity contribution in [3.8, 4) is 0 Å². The third kappa shape index (κ3) is 2.22. The zero-order chi connectivity index (χ0) is 14.3. The van der Waals surface area contributed by atoms with Crippen LogP contribution in [0.15, 0.2) is 18.2 Å². The minimum absolute atomic E-state index is 0.420. The van der Waals surface area contributed by atoms with Gasteiger partial charge in [0.2, 0.25) is 0 Å². The average molecular weight is 274 g/mol. The van der Waals surface area contributed by atoms with E-state index in [1.807, 2.05) is 12.1 Å². The molecule has 2 fully saturated rings. The molecule has 0 aromatic heterocycles. The van der Waals surface area contributed by atoms with E-state index in [2.05, 4.69) is 16.7 Å². The molecule has 1 amide bonds. The molecule has 0 bridgehead atoms. The van der Waals surface area contributed by atoms with Crippen LogP contribution in [0, 0.1) is 0 Å². The number of piperazine rings is 1. The Morgan fingerprint density at radius 1 is 1.35 bits per heavy atom. The van der Waals surface area contributed by atoms with Crippen LogP contribution < -0.4 is 16.4 Å². The van der Waals surface area contributed by atoms with Gasteiger partial charge in [0, 0.05) is 36.5 Å². The van der Waals surface area contributed by atoms with Gasteiger partial charge < -0.3 is 16.4 Å². The summed E-state index contributed by atoms with van der Waals surface area (Å²) in [5, 5.41) is 0. The zero-order valence-electron chi connectivity index (χ0n) is 11.9. The molecule has 108 valence electrons. The number of hydrogen-bond acceptors (Lipinski definition) is 4. The Morgan fingerprint density at radius 2 is 2.15 bits per heavy atom. The lowest BCUT2D eigenvalue weighted by atomic mass is 10.0. The van der Waals surface area contributed by atoms with Gasteiger partial charge in [0.25, 0.3) is 5.91 Å². The second kappa shape index (κ2) is 4.98. The molecule has 1 aromatic rings. The number of benzene rings is 1. The summed E-state index contributed by atoms with van der Waals surface area (Å²) < 4.78 is 0. The quantitative estimate of drug-likeness (QED) is 0.790. The summed E-state index contributed by atoms with van der Waals surface area (Å²) in [6, 6.07) is 6.68. The smallest absolute Gasteiger partial charge is 0.250 e. The Hall–Kier alpha value is -1.75. The largest absolute Gasteiger partial charge is 0.398 e. The highest BCUT2D eigenvalue weighted by atomic mass is 16.1. The number of carbonyl (C=O) groups excluding carboxylic acids is 1. The number of amides is 1. The van der Waals surface area contributed by atoms with Crippen molar-refractivity contribution in [1.29, 1.82) is 0 Å². The summed E-state index contributed by atoms with van der Waals surface area (Å²) in [4.78, 5) is 16.4. The topological polar surface area (TPSA) is 75.6 Å². The number of carbonyl (C=O) groups is 1. The van der Waals surface area contributed by atoms with Crippen molar-refractivity contribution in [1.82, 2.24) is 4.90 Å². The van der Waals surface area contributed by atoms with E-state index in [4.69, 9.17) is 11.5 Å². The van der Waals surface area contributed by atoms with Crippen molar-refractivity contribution in [2.75, 3.05) is 30.3 Å². The fraction of sp³-hybridized carbons (Fsp3) is 0.533. The van der Waals surface area contributed by atoms with Crippen LogP contribution >= 0.6 is 0 Å². The maximum absolute atomic E-state index is 11.4. The fourth-order valence-electron chi connectivity index (χ4n) is 3.48. The number of nitrogens with two attached hydrogens (primary N) is 2. The summed E-state index contributed by atoms with van der Waals surface area (Å²) in [6.45, 7) is 5.55. The number of nitrogen functional groups attached to an aromatic ring is 1. The average Bonchev–Trinajstić information content (AvgIpc) is 2.85. The normalized spacial score (nSPS) is 26.6. The molecule has 2 atom stereocenters. The first-order valence-corrected chi connectivity index (χ1v) is 7.26. The molecule has 5 nitrogen and oxygen atoms in total. The van der Waals surface area contributed by atoms with Crippen molar-refractivity contribution in [2.45, 2.75) is 31.8 Å².